The quantitative estimate of drug-likeness (QED) is 0.0301. The number of carbonyl (C=O) groups is 10. The Labute approximate surface area is 550 Å². The van der Waals surface area contributed by atoms with Gasteiger partial charge in [0.05, 0.1) is 46.2 Å². The first-order valence-corrected chi connectivity index (χ1v) is 26.7. The Kier molecular flexibility index (Phi) is 28.4. The maximum atomic E-state index is 13.1. The van der Waals surface area contributed by atoms with E-state index in [1.165, 1.54) is 83.0 Å². The minimum atomic E-state index is -0.834. The van der Waals surface area contributed by atoms with Crippen LogP contribution in [0.3, 0.4) is 0 Å². The van der Waals surface area contributed by atoms with Crippen molar-refractivity contribution in [1.29, 1.82) is 0 Å². The normalized spacial score (nSPS) is 19.5. The molecule has 0 aromatic heterocycles. The molecule has 7 aromatic rings. The van der Waals surface area contributed by atoms with E-state index in [4.69, 9.17) is 14.2 Å². The van der Waals surface area contributed by atoms with Crippen molar-refractivity contribution in [3.63, 3.8) is 0 Å². The number of rotatable bonds is 12. The first kappa shape index (κ1) is 80.8. The highest BCUT2D eigenvalue weighted by Gasteiger charge is 2.60. The van der Waals surface area contributed by atoms with Crippen molar-refractivity contribution in [3.05, 3.63) is 215 Å². The van der Waals surface area contributed by atoms with E-state index in [0.29, 0.717) is 33.9 Å². The van der Waals surface area contributed by atoms with Crippen LogP contribution >= 0.6 is 0 Å². The minimum absolute atomic E-state index is 0. The number of anilines is 3. The molecule has 0 spiro atoms. The van der Waals surface area contributed by atoms with E-state index in [9.17, 15) is 47.9 Å². The van der Waals surface area contributed by atoms with Crippen molar-refractivity contribution in [2.75, 3.05) is 15.1 Å². The summed E-state index contributed by atoms with van der Waals surface area (Å²) in [6.45, 7) is 3.28. The molecule has 13 rings (SSSR count). The van der Waals surface area contributed by atoms with Gasteiger partial charge in [0.15, 0.2) is 0 Å². The molecule has 6 aliphatic rings. The second kappa shape index (κ2) is 32.7. The van der Waals surface area contributed by atoms with Crippen LogP contribution in [-0.2, 0) is 24.0 Å². The van der Waals surface area contributed by atoms with Gasteiger partial charge in [-0.3, -0.25) is 48.2 Å². The lowest BCUT2D eigenvalue weighted by atomic mass is 9.85. The molecule has 1 N–H and O–H groups in total. The van der Waals surface area contributed by atoms with Crippen molar-refractivity contribution < 1.29 is 62.2 Å². The number of amides is 5. The summed E-state index contributed by atoms with van der Waals surface area (Å²) < 4.78 is 15.9. The Morgan fingerprint density at radius 3 is 1.25 bits per heavy atom. The zero-order chi connectivity index (χ0) is 57.1. The first-order chi connectivity index (χ1) is 39.6. The van der Waals surface area contributed by atoms with Gasteiger partial charge in [-0.15, -0.1) is 0 Å². The Morgan fingerprint density at radius 1 is 0.387 bits per heavy atom. The molecular weight excluding hydrogens is 1170 g/mol. The van der Waals surface area contributed by atoms with Crippen molar-refractivity contribution in [2.24, 2.45) is 47.3 Å². The number of ketones is 2. The maximum Gasteiger partial charge on any atom is 0.343 e. The number of hydrogen-bond donors (Lipinski definition) is 1. The molecular formula is C77H93N3O13. The standard InChI is InChI=1S/C39H28N2O9.C27H21NO4.11CH4/c1-21(42)49-30-15-9-22(10-16-30)34(43)35(44)26-3-2-4-27(20-26)39(48)50-31-17-11-28(12-18-31)40-36(45)23-7-13-29(14-8-23)41-37(46)32-24-5-6-25(19-24)33(32)38(41)47;1-15-2-3-18-14-22(11-8-17(18)12-15)32-27(31)16-6-9-21(10-7-16)28-25(29)23-19-4-5-20(13-19)24(23)26(28)30;;;;;;;;;;;/h2-18,20,24-25,32-33H,19H2,1H3,(H,40,45);2-12,14,19-20,23-24H,13H2,1H3;11*1H4. The Balaban J connectivity index is 0.000000888. The number of Topliss-reactive ketones (excluding diaryl/α,β-unsaturated/α-hetero) is 2. The van der Waals surface area contributed by atoms with E-state index in [1.54, 1.807) is 66.7 Å². The number of allylic oxidation sites excluding steroid dienone is 4. The van der Waals surface area contributed by atoms with Gasteiger partial charge in [0.1, 0.15) is 17.2 Å². The summed E-state index contributed by atoms with van der Waals surface area (Å²) in [7, 11) is 0. The van der Waals surface area contributed by atoms with Crippen molar-refractivity contribution in [2.45, 2.75) is 108 Å². The van der Waals surface area contributed by atoms with Crippen molar-refractivity contribution >= 4 is 86.8 Å². The fourth-order valence-corrected chi connectivity index (χ4v) is 12.3. The third-order valence-corrected chi connectivity index (χ3v) is 16.1. The molecule has 0 radical (unpaired) electrons. The van der Waals surface area contributed by atoms with E-state index >= 15 is 0 Å². The van der Waals surface area contributed by atoms with Crippen LogP contribution in [0.5, 0.6) is 17.2 Å². The molecule has 16 nitrogen and oxygen atoms in total. The Morgan fingerprint density at radius 2 is 0.763 bits per heavy atom. The SMILES string of the molecule is C.C.C.C.C.C.C.C.C.C.C.CC(=O)Oc1ccc(C(=O)C(=O)c2cccc(C(=O)Oc3ccc(NC(=O)c4ccc(N5C(=O)C6C7C=CC(C7)C6C5=O)cc4)cc3)c2)cc1.Cc1ccc2cc(OC(=O)c3ccc(N4C(=O)C5C6C=CC(C6)C5C4=O)cc3)ccc2c1. The lowest BCUT2D eigenvalue weighted by Crippen LogP contribution is -2.32. The Hall–Kier alpha value is -10.2. The summed E-state index contributed by atoms with van der Waals surface area (Å²) >= 11 is 0. The predicted octanol–water partition coefficient (Wildman–Crippen LogP) is 17.1. The van der Waals surface area contributed by atoms with Crippen LogP contribution in [0.25, 0.3) is 10.8 Å². The summed E-state index contributed by atoms with van der Waals surface area (Å²) in [5, 5.41) is 4.84. The van der Waals surface area contributed by atoms with Crippen LogP contribution in [0.4, 0.5) is 17.1 Å². The number of hydrogen-bond acceptors (Lipinski definition) is 13. The topological polar surface area (TPSA) is 217 Å². The van der Waals surface area contributed by atoms with Gasteiger partial charge in [-0.05, 0) is 176 Å². The second-order valence-corrected chi connectivity index (χ2v) is 21.2. The molecule has 4 aliphatic carbocycles. The van der Waals surface area contributed by atoms with Gasteiger partial charge in [0.25, 0.3) is 5.91 Å². The largest absolute Gasteiger partial charge is 0.427 e. The smallest absolute Gasteiger partial charge is 0.343 e. The van der Waals surface area contributed by atoms with Gasteiger partial charge in [-0.25, -0.2) is 9.59 Å². The number of imide groups is 2. The summed E-state index contributed by atoms with van der Waals surface area (Å²) in [6.07, 6.45) is 9.98. The van der Waals surface area contributed by atoms with Crippen LogP contribution in [0.1, 0.15) is 159 Å². The zero-order valence-corrected chi connectivity index (χ0v) is 44.1. The van der Waals surface area contributed by atoms with Gasteiger partial charge >= 0.3 is 17.9 Å². The van der Waals surface area contributed by atoms with Crippen LogP contribution in [-0.4, -0.2) is 59.0 Å². The van der Waals surface area contributed by atoms with Gasteiger partial charge in [-0.2, -0.15) is 0 Å². The molecule has 5 amide bonds. The highest BCUT2D eigenvalue weighted by atomic mass is 16.5. The predicted molar refractivity (Wildman–Crippen MR) is 373 cm³/mol. The van der Waals surface area contributed by atoms with Gasteiger partial charge in [0, 0.05) is 29.3 Å². The van der Waals surface area contributed by atoms with Crippen LogP contribution < -0.4 is 29.3 Å². The number of carbonyl (C=O) groups excluding carboxylic acids is 10. The van der Waals surface area contributed by atoms with E-state index < -0.39 is 35.4 Å². The van der Waals surface area contributed by atoms with Gasteiger partial charge in [-0.1, -0.05) is 148 Å². The number of ether oxygens (including phenoxy) is 3. The number of fused-ring (bicyclic) bond motifs is 11. The molecule has 2 heterocycles. The summed E-state index contributed by atoms with van der Waals surface area (Å²) in [5.74, 6) is -4.11. The third kappa shape index (κ3) is 15.4. The highest BCUT2D eigenvalue weighted by Crippen LogP contribution is 2.54. The molecule has 16 heteroatoms. The van der Waals surface area contributed by atoms with Crippen LogP contribution in [0.15, 0.2) is 182 Å². The average molecular weight is 1270 g/mol. The fraction of sp³-hybridized carbons (Fsp3) is 0.299. The lowest BCUT2D eigenvalue weighted by molar-refractivity contribution is -0.132. The molecule has 8 unspecified atom stereocenters. The molecule has 2 saturated heterocycles. The monoisotopic (exact) mass is 1270 g/mol. The fourth-order valence-electron chi connectivity index (χ4n) is 12.3. The first-order valence-electron chi connectivity index (χ1n) is 26.7. The molecule has 2 saturated carbocycles. The molecule has 4 bridgehead atoms. The van der Waals surface area contributed by atoms with Gasteiger partial charge < -0.3 is 19.5 Å². The molecule has 8 atom stereocenters. The summed E-state index contributed by atoms with van der Waals surface area (Å²) in [5.41, 5.74) is 3.33. The minimum Gasteiger partial charge on any atom is -0.427 e. The lowest BCUT2D eigenvalue weighted by Gasteiger charge is -2.17. The molecule has 93 heavy (non-hydrogen) atoms. The summed E-state index contributed by atoms with van der Waals surface area (Å²) in [4.78, 5) is 130. The molecule has 7 aromatic carbocycles. The average Bonchev–Trinajstić information content (AvgIpc) is 1.58. The number of nitrogens with one attached hydrogen (secondary N) is 1. The summed E-state index contributed by atoms with van der Waals surface area (Å²) in [6, 6.07) is 41.6. The zero-order valence-electron chi connectivity index (χ0n) is 44.1. The number of benzene rings is 7. The second-order valence-electron chi connectivity index (χ2n) is 21.2. The van der Waals surface area contributed by atoms with E-state index in [2.05, 4.69) is 23.5 Å². The van der Waals surface area contributed by atoms with Crippen molar-refractivity contribution in [3.8, 4) is 17.2 Å². The van der Waals surface area contributed by atoms with Crippen LogP contribution in [0, 0.1) is 54.3 Å². The van der Waals surface area contributed by atoms with Crippen LogP contribution in [0.2, 0.25) is 0 Å². The van der Waals surface area contributed by atoms with E-state index in [1.807, 2.05) is 43.3 Å². The third-order valence-electron chi connectivity index (χ3n) is 16.1. The Bertz CT molecular complexity index is 3880. The molecule has 4 fully saturated rings. The maximum absolute atomic E-state index is 13.1. The molecule has 494 valence electrons. The van der Waals surface area contributed by atoms with Crippen molar-refractivity contribution in [1.82, 2.24) is 0 Å². The number of aryl methyl sites for hydroxylation is 1. The number of nitrogens with zero attached hydrogens (tertiary/aromatic N) is 2. The van der Waals surface area contributed by atoms with Gasteiger partial charge in [0.2, 0.25) is 35.2 Å². The molecule has 2 aliphatic heterocycles. The highest BCUT2D eigenvalue weighted by molar-refractivity contribution is 6.49. The van der Waals surface area contributed by atoms with E-state index in [0.717, 1.165) is 23.6 Å². The number of esters is 3. The van der Waals surface area contributed by atoms with E-state index in [-0.39, 0.29) is 181 Å².